The second-order valence-electron chi connectivity index (χ2n) is 6.33. The van der Waals surface area contributed by atoms with Crippen molar-refractivity contribution < 1.29 is 18.7 Å². The predicted molar refractivity (Wildman–Crippen MR) is 112 cm³/mol. The molecule has 1 aliphatic heterocycles. The smallest absolute Gasteiger partial charge is 0.346 e. The molecule has 29 heavy (non-hydrogen) atoms. The summed E-state index contributed by atoms with van der Waals surface area (Å²) < 4.78 is 10.4. The van der Waals surface area contributed by atoms with Gasteiger partial charge in [0.1, 0.15) is 21.6 Å². The number of ether oxygens (including phenoxy) is 1. The number of carbonyl (C=O) groups is 2. The van der Waals surface area contributed by atoms with E-state index in [1.165, 1.54) is 7.11 Å². The number of benzene rings is 2. The Morgan fingerprint density at radius 2 is 2.00 bits per heavy atom. The SMILES string of the molecule is COc1cccc(NC(=O)CC2SC(c3cc4ccccc4oc3=O)=NC2=O)c1. The average Bonchev–Trinajstić information content (AvgIpc) is 3.07. The van der Waals surface area contributed by atoms with Crippen molar-refractivity contribution in [2.24, 2.45) is 4.99 Å². The molecule has 0 saturated carbocycles. The third-order valence-electron chi connectivity index (χ3n) is 4.34. The molecular formula is C21H16N2O5S. The van der Waals surface area contributed by atoms with Crippen LogP contribution in [0.15, 0.2) is 68.8 Å². The van der Waals surface area contributed by atoms with Crippen molar-refractivity contribution in [3.8, 4) is 5.75 Å². The molecule has 0 saturated heterocycles. The fraction of sp³-hybridized carbons (Fsp3) is 0.143. The van der Waals surface area contributed by atoms with Gasteiger partial charge in [-0.2, -0.15) is 0 Å². The molecule has 0 fully saturated rings. The molecule has 1 aromatic heterocycles. The van der Waals surface area contributed by atoms with Gasteiger partial charge in [0, 0.05) is 23.6 Å². The fourth-order valence-electron chi connectivity index (χ4n) is 2.93. The number of carbonyl (C=O) groups excluding carboxylic acids is 2. The Kier molecular flexibility index (Phi) is 5.18. The number of thioether (sulfide) groups is 1. The number of methoxy groups -OCH3 is 1. The van der Waals surface area contributed by atoms with Crippen molar-refractivity contribution >= 4 is 45.3 Å². The summed E-state index contributed by atoms with van der Waals surface area (Å²) in [5, 5.41) is 3.05. The normalized spacial score (nSPS) is 16.0. The van der Waals surface area contributed by atoms with Crippen LogP contribution < -0.4 is 15.7 Å². The van der Waals surface area contributed by atoms with Crippen molar-refractivity contribution in [2.75, 3.05) is 12.4 Å². The number of hydrogen-bond donors (Lipinski definition) is 1. The molecule has 2 aromatic carbocycles. The minimum Gasteiger partial charge on any atom is -0.497 e. The highest BCUT2D eigenvalue weighted by Crippen LogP contribution is 2.29. The van der Waals surface area contributed by atoms with Crippen molar-refractivity contribution in [3.63, 3.8) is 0 Å². The zero-order chi connectivity index (χ0) is 20.4. The summed E-state index contributed by atoms with van der Waals surface area (Å²) in [7, 11) is 1.54. The van der Waals surface area contributed by atoms with Gasteiger partial charge >= 0.3 is 5.63 Å². The lowest BCUT2D eigenvalue weighted by atomic mass is 10.2. The highest BCUT2D eigenvalue weighted by atomic mass is 32.2. The van der Waals surface area contributed by atoms with Gasteiger partial charge in [0.15, 0.2) is 0 Å². The van der Waals surface area contributed by atoms with Crippen LogP contribution in [0.1, 0.15) is 12.0 Å². The number of nitrogens with zero attached hydrogens (tertiary/aromatic N) is 1. The van der Waals surface area contributed by atoms with Gasteiger partial charge in [-0.05, 0) is 24.3 Å². The number of hydrogen-bond acceptors (Lipinski definition) is 6. The monoisotopic (exact) mass is 408 g/mol. The third kappa shape index (κ3) is 4.07. The molecule has 146 valence electrons. The maximum atomic E-state index is 12.3. The minimum absolute atomic E-state index is 0.0629. The van der Waals surface area contributed by atoms with E-state index in [9.17, 15) is 14.4 Å². The first kappa shape index (κ1) is 18.9. The van der Waals surface area contributed by atoms with Crippen LogP contribution in [0.5, 0.6) is 5.75 Å². The number of aliphatic imine (C=N–C) groups is 1. The Balaban J connectivity index is 1.47. The van der Waals surface area contributed by atoms with Crippen LogP contribution in [0.4, 0.5) is 5.69 Å². The molecule has 1 N–H and O–H groups in total. The van der Waals surface area contributed by atoms with Crippen molar-refractivity contribution in [1.29, 1.82) is 0 Å². The van der Waals surface area contributed by atoms with E-state index in [2.05, 4.69) is 10.3 Å². The summed E-state index contributed by atoms with van der Waals surface area (Å²) in [6.45, 7) is 0. The highest BCUT2D eigenvalue weighted by molar-refractivity contribution is 8.16. The van der Waals surface area contributed by atoms with Gasteiger partial charge in [-0.25, -0.2) is 9.79 Å². The van der Waals surface area contributed by atoms with E-state index in [-0.39, 0.29) is 22.9 Å². The Morgan fingerprint density at radius 3 is 2.83 bits per heavy atom. The molecule has 0 bridgehead atoms. The number of anilines is 1. The molecular weight excluding hydrogens is 392 g/mol. The summed E-state index contributed by atoms with van der Waals surface area (Å²) in [5.74, 6) is -0.160. The summed E-state index contributed by atoms with van der Waals surface area (Å²) >= 11 is 1.10. The Morgan fingerprint density at radius 1 is 1.17 bits per heavy atom. The number of nitrogens with one attached hydrogen (secondary N) is 1. The van der Waals surface area contributed by atoms with Gasteiger partial charge in [0.05, 0.1) is 12.7 Å². The maximum Gasteiger partial charge on any atom is 0.346 e. The van der Waals surface area contributed by atoms with E-state index in [1.807, 2.05) is 12.1 Å². The van der Waals surface area contributed by atoms with E-state index in [4.69, 9.17) is 9.15 Å². The molecule has 2 amide bonds. The third-order valence-corrected chi connectivity index (χ3v) is 5.52. The summed E-state index contributed by atoms with van der Waals surface area (Å²) in [6, 6.07) is 15.7. The number of para-hydroxylation sites is 1. The largest absolute Gasteiger partial charge is 0.497 e. The van der Waals surface area contributed by atoms with Crippen LogP contribution in [0.25, 0.3) is 11.0 Å². The highest BCUT2D eigenvalue weighted by Gasteiger charge is 2.32. The van der Waals surface area contributed by atoms with Crippen molar-refractivity contribution in [2.45, 2.75) is 11.7 Å². The molecule has 0 spiro atoms. The molecule has 4 rings (SSSR count). The average molecular weight is 408 g/mol. The van der Waals surface area contributed by atoms with E-state index < -0.39 is 16.8 Å². The van der Waals surface area contributed by atoms with E-state index >= 15 is 0 Å². The summed E-state index contributed by atoms with van der Waals surface area (Å²) in [4.78, 5) is 40.9. The summed E-state index contributed by atoms with van der Waals surface area (Å²) in [6.07, 6.45) is -0.0629. The lowest BCUT2D eigenvalue weighted by Crippen LogP contribution is -2.21. The maximum absolute atomic E-state index is 12.3. The molecule has 1 atom stereocenters. The molecule has 7 nitrogen and oxygen atoms in total. The van der Waals surface area contributed by atoms with Gasteiger partial charge in [-0.3, -0.25) is 9.59 Å². The van der Waals surface area contributed by atoms with Crippen LogP contribution >= 0.6 is 11.8 Å². The molecule has 0 aliphatic carbocycles. The molecule has 1 unspecified atom stereocenters. The molecule has 0 radical (unpaired) electrons. The van der Waals surface area contributed by atoms with Gasteiger partial charge in [0.2, 0.25) is 5.91 Å². The Bertz CT molecular complexity index is 1200. The van der Waals surface area contributed by atoms with E-state index in [0.717, 1.165) is 17.1 Å². The lowest BCUT2D eigenvalue weighted by molar-refractivity contribution is -0.121. The Hall–Kier alpha value is -3.39. The van der Waals surface area contributed by atoms with Crippen molar-refractivity contribution in [3.05, 3.63) is 70.6 Å². The van der Waals surface area contributed by atoms with Crippen LogP contribution in [0, 0.1) is 0 Å². The first-order valence-electron chi connectivity index (χ1n) is 8.80. The predicted octanol–water partition coefficient (Wildman–Crippen LogP) is 3.22. The van der Waals surface area contributed by atoms with Crippen LogP contribution in [-0.4, -0.2) is 29.2 Å². The van der Waals surface area contributed by atoms with Gasteiger partial charge in [-0.15, -0.1) is 0 Å². The second kappa shape index (κ2) is 7.92. The fourth-order valence-corrected chi connectivity index (χ4v) is 4.00. The van der Waals surface area contributed by atoms with Crippen LogP contribution in [0.3, 0.4) is 0 Å². The zero-order valence-corrected chi connectivity index (χ0v) is 16.2. The van der Waals surface area contributed by atoms with Crippen LogP contribution in [-0.2, 0) is 9.59 Å². The summed E-state index contributed by atoms with van der Waals surface area (Å²) in [5.41, 5.74) is 0.688. The second-order valence-corrected chi connectivity index (χ2v) is 7.52. The first-order valence-corrected chi connectivity index (χ1v) is 9.68. The first-order chi connectivity index (χ1) is 14.0. The molecule has 1 aliphatic rings. The quantitative estimate of drug-likeness (QED) is 0.651. The van der Waals surface area contributed by atoms with E-state index in [0.29, 0.717) is 17.0 Å². The minimum atomic E-state index is -0.693. The van der Waals surface area contributed by atoms with Crippen LogP contribution in [0.2, 0.25) is 0 Å². The number of rotatable bonds is 5. The molecule has 8 heteroatoms. The van der Waals surface area contributed by atoms with Gasteiger partial charge < -0.3 is 14.5 Å². The van der Waals surface area contributed by atoms with E-state index in [1.54, 1.807) is 42.5 Å². The zero-order valence-electron chi connectivity index (χ0n) is 15.4. The standard InChI is InChI=1S/C21H16N2O5S/c1-27-14-7-4-6-13(10-14)22-18(24)11-17-19(25)23-20(29-17)15-9-12-5-2-3-8-16(12)28-21(15)26/h2-10,17H,11H2,1H3,(H,22,24). The topological polar surface area (TPSA) is 98.0 Å². The number of amides is 2. The lowest BCUT2D eigenvalue weighted by Gasteiger charge is -2.09. The van der Waals surface area contributed by atoms with Gasteiger partial charge in [-0.1, -0.05) is 36.0 Å². The van der Waals surface area contributed by atoms with Crippen molar-refractivity contribution in [1.82, 2.24) is 0 Å². The molecule has 2 heterocycles. The number of fused-ring (bicyclic) bond motifs is 1. The molecule has 3 aromatic rings. The van der Waals surface area contributed by atoms with Gasteiger partial charge in [0.25, 0.3) is 5.91 Å². The Labute approximate surface area is 169 Å².